The van der Waals surface area contributed by atoms with Crippen LogP contribution in [0.4, 0.5) is 0 Å². The fourth-order valence-electron chi connectivity index (χ4n) is 2.03. The molecule has 0 aliphatic carbocycles. The quantitative estimate of drug-likeness (QED) is 0.747. The molecular formula is C18H20O3S2. The van der Waals surface area contributed by atoms with Crippen molar-refractivity contribution in [3.05, 3.63) is 63.9 Å². The first-order chi connectivity index (χ1) is 11.1. The minimum atomic E-state index is -0.999. The Balaban J connectivity index is 2.23. The van der Waals surface area contributed by atoms with Crippen LogP contribution in [0.2, 0.25) is 0 Å². The van der Waals surface area contributed by atoms with Gasteiger partial charge >= 0.3 is 0 Å². The minimum absolute atomic E-state index is 0.472. The predicted molar refractivity (Wildman–Crippen MR) is 99.3 cm³/mol. The first-order valence-electron chi connectivity index (χ1n) is 7.08. The van der Waals surface area contributed by atoms with E-state index in [1.807, 2.05) is 60.9 Å². The van der Waals surface area contributed by atoms with Crippen LogP contribution in [0.3, 0.4) is 0 Å². The van der Waals surface area contributed by atoms with E-state index in [1.165, 1.54) is 11.8 Å². The van der Waals surface area contributed by atoms with Crippen LogP contribution in [0.25, 0.3) is 6.08 Å². The van der Waals surface area contributed by atoms with E-state index in [2.05, 4.69) is 0 Å². The maximum atomic E-state index is 11.7. The van der Waals surface area contributed by atoms with Gasteiger partial charge in [0.25, 0.3) is 0 Å². The zero-order valence-corrected chi connectivity index (χ0v) is 15.1. The monoisotopic (exact) mass is 348 g/mol. The number of hydrogen-bond donors (Lipinski definition) is 0. The molecule has 122 valence electrons. The van der Waals surface area contributed by atoms with Gasteiger partial charge in [0.2, 0.25) is 0 Å². The number of thioether (sulfide) groups is 1. The van der Waals surface area contributed by atoms with Gasteiger partial charge in [-0.3, -0.25) is 4.21 Å². The molecule has 3 nitrogen and oxygen atoms in total. The molecule has 0 saturated heterocycles. The smallest absolute Gasteiger partial charge is 0.162 e. The van der Waals surface area contributed by atoms with Crippen LogP contribution in [-0.2, 0) is 17.4 Å². The molecule has 2 aromatic rings. The van der Waals surface area contributed by atoms with Crippen LogP contribution >= 0.6 is 11.8 Å². The van der Waals surface area contributed by atoms with Gasteiger partial charge in [0.1, 0.15) is 6.61 Å². The van der Waals surface area contributed by atoms with Crippen molar-refractivity contribution in [1.29, 1.82) is 0 Å². The molecule has 0 saturated carbocycles. The zero-order valence-electron chi connectivity index (χ0n) is 13.4. The summed E-state index contributed by atoms with van der Waals surface area (Å²) in [5.74, 6) is 1.36. The van der Waals surface area contributed by atoms with Crippen molar-refractivity contribution in [1.82, 2.24) is 0 Å². The summed E-state index contributed by atoms with van der Waals surface area (Å²) in [5.41, 5.74) is 2.03. The van der Waals surface area contributed by atoms with Crippen molar-refractivity contribution in [3.63, 3.8) is 0 Å². The van der Waals surface area contributed by atoms with Crippen LogP contribution in [0, 0.1) is 0 Å². The van der Waals surface area contributed by atoms with Gasteiger partial charge in [0.05, 0.1) is 22.1 Å². The van der Waals surface area contributed by atoms with Gasteiger partial charge in [-0.1, -0.05) is 36.4 Å². The molecule has 0 aromatic heterocycles. The lowest BCUT2D eigenvalue weighted by molar-refractivity contribution is 0.284. The molecule has 1 unspecified atom stereocenters. The summed E-state index contributed by atoms with van der Waals surface area (Å²) in [6, 6.07) is 15.7. The Hall–Kier alpha value is -1.72. The maximum Gasteiger partial charge on any atom is 0.162 e. The lowest BCUT2D eigenvalue weighted by Crippen LogP contribution is -1.98. The highest BCUT2D eigenvalue weighted by Crippen LogP contribution is 2.30. The summed E-state index contributed by atoms with van der Waals surface area (Å²) < 4.78 is 23.7. The number of ether oxygens (including phenoxy) is 2. The average molecular weight is 348 g/mol. The van der Waals surface area contributed by atoms with Gasteiger partial charge in [0, 0.05) is 6.26 Å². The lowest BCUT2D eigenvalue weighted by atomic mass is 10.2. The molecular weight excluding hydrogens is 328 g/mol. The molecule has 0 N–H and O–H groups in total. The fraction of sp³-hybridized carbons (Fsp3) is 0.222. The van der Waals surface area contributed by atoms with Gasteiger partial charge in [0.15, 0.2) is 11.5 Å². The second-order valence-corrected chi connectivity index (χ2v) is 7.26. The molecule has 1 atom stereocenters. The Kier molecular flexibility index (Phi) is 6.74. The molecule has 0 aliphatic rings. The Labute approximate surface area is 144 Å². The molecule has 2 aromatic carbocycles. The van der Waals surface area contributed by atoms with E-state index >= 15 is 0 Å². The Bertz CT molecular complexity index is 697. The van der Waals surface area contributed by atoms with Crippen molar-refractivity contribution < 1.29 is 13.7 Å². The van der Waals surface area contributed by atoms with Gasteiger partial charge in [-0.25, -0.2) is 0 Å². The standard InChI is InChI=1S/C18H20O3S2/c1-20-16-10-9-15(12-18(22-2)23(3)19)11-17(16)21-13-14-7-5-4-6-8-14/h4-12H,13H2,1-3H3/b18-12+. The Morgan fingerprint density at radius 3 is 2.52 bits per heavy atom. The molecule has 0 fully saturated rings. The van der Waals surface area contributed by atoms with Crippen LogP contribution < -0.4 is 9.47 Å². The molecule has 23 heavy (non-hydrogen) atoms. The maximum absolute atomic E-state index is 11.7. The van der Waals surface area contributed by atoms with Crippen LogP contribution in [0.5, 0.6) is 11.5 Å². The highest BCUT2D eigenvalue weighted by atomic mass is 32.2. The van der Waals surface area contributed by atoms with Gasteiger partial charge < -0.3 is 9.47 Å². The van der Waals surface area contributed by atoms with Crippen molar-refractivity contribution in [2.24, 2.45) is 0 Å². The van der Waals surface area contributed by atoms with Crippen LogP contribution in [0.15, 0.2) is 52.8 Å². The molecule has 5 heteroatoms. The van der Waals surface area contributed by atoms with E-state index in [0.717, 1.165) is 15.4 Å². The second-order valence-electron chi connectivity index (χ2n) is 4.81. The van der Waals surface area contributed by atoms with E-state index in [9.17, 15) is 4.21 Å². The summed E-state index contributed by atoms with van der Waals surface area (Å²) in [5, 5.41) is 0. The molecule has 0 heterocycles. The SMILES string of the molecule is COc1ccc(/C=C(\SC)S(C)=O)cc1OCc1ccccc1. The van der Waals surface area contributed by atoms with E-state index in [-0.39, 0.29) is 0 Å². The first kappa shape index (κ1) is 17.6. The van der Waals surface area contributed by atoms with E-state index in [4.69, 9.17) is 9.47 Å². The normalized spacial score (nSPS) is 12.7. The molecule has 0 aliphatic heterocycles. The number of benzene rings is 2. The molecule has 2 rings (SSSR count). The van der Waals surface area contributed by atoms with E-state index < -0.39 is 10.8 Å². The summed E-state index contributed by atoms with van der Waals surface area (Å²) in [6.45, 7) is 0.472. The average Bonchev–Trinajstić information content (AvgIpc) is 2.58. The largest absolute Gasteiger partial charge is 0.493 e. The number of hydrogen-bond acceptors (Lipinski definition) is 4. The van der Waals surface area contributed by atoms with Crippen LogP contribution in [-0.4, -0.2) is 23.8 Å². The summed E-state index contributed by atoms with van der Waals surface area (Å²) in [7, 11) is 0.621. The van der Waals surface area contributed by atoms with Crippen molar-refractivity contribution in [2.45, 2.75) is 6.61 Å². The number of methoxy groups -OCH3 is 1. The topological polar surface area (TPSA) is 35.5 Å². The lowest BCUT2D eigenvalue weighted by Gasteiger charge is -2.12. The van der Waals surface area contributed by atoms with E-state index in [1.54, 1.807) is 13.4 Å². The fourth-order valence-corrected chi connectivity index (χ4v) is 3.52. The van der Waals surface area contributed by atoms with Gasteiger partial charge in [-0.05, 0) is 35.6 Å². The molecule has 0 bridgehead atoms. The predicted octanol–water partition coefficient (Wildman–Crippen LogP) is 4.31. The third-order valence-corrected chi connectivity index (χ3v) is 5.60. The first-order valence-corrected chi connectivity index (χ1v) is 9.86. The summed E-state index contributed by atoms with van der Waals surface area (Å²) in [4.78, 5) is 0. The minimum Gasteiger partial charge on any atom is -0.493 e. The summed E-state index contributed by atoms with van der Waals surface area (Å²) >= 11 is 1.49. The second kappa shape index (κ2) is 8.79. The van der Waals surface area contributed by atoms with Crippen LogP contribution in [0.1, 0.15) is 11.1 Å². The Morgan fingerprint density at radius 2 is 1.91 bits per heavy atom. The molecule has 0 amide bonds. The third-order valence-electron chi connectivity index (χ3n) is 3.19. The molecule has 0 spiro atoms. The third kappa shape index (κ3) is 5.15. The zero-order chi connectivity index (χ0) is 16.7. The summed E-state index contributed by atoms with van der Waals surface area (Å²) in [6.07, 6.45) is 5.51. The van der Waals surface area contributed by atoms with Gasteiger partial charge in [-0.2, -0.15) is 0 Å². The molecule has 0 radical (unpaired) electrons. The van der Waals surface area contributed by atoms with Gasteiger partial charge in [-0.15, -0.1) is 11.8 Å². The highest BCUT2D eigenvalue weighted by Gasteiger charge is 2.07. The highest BCUT2D eigenvalue weighted by molar-refractivity contribution is 8.16. The number of rotatable bonds is 7. The Morgan fingerprint density at radius 1 is 1.17 bits per heavy atom. The van der Waals surface area contributed by atoms with Crippen molar-refractivity contribution in [3.8, 4) is 11.5 Å². The van der Waals surface area contributed by atoms with E-state index in [0.29, 0.717) is 18.1 Å². The van der Waals surface area contributed by atoms with Crippen molar-refractivity contribution >= 4 is 28.6 Å². The van der Waals surface area contributed by atoms with Crippen molar-refractivity contribution in [2.75, 3.05) is 19.6 Å².